The monoisotopic (exact) mass is 263 g/mol. The Hall–Kier alpha value is -2.04. The molecule has 0 radical (unpaired) electrons. The smallest absolute Gasteiger partial charge is 0.325 e. The number of amides is 1. The Bertz CT molecular complexity index is 503. The number of ether oxygens (including phenoxy) is 1. The second-order valence-electron chi connectivity index (χ2n) is 4.69. The first-order chi connectivity index (χ1) is 9.10. The van der Waals surface area contributed by atoms with Crippen LogP contribution in [0.2, 0.25) is 0 Å². The molecule has 1 aliphatic carbocycles. The molecule has 1 N–H and O–H groups in total. The van der Waals surface area contributed by atoms with Crippen LogP contribution in [0.1, 0.15) is 30.8 Å². The van der Waals surface area contributed by atoms with Crippen molar-refractivity contribution in [2.45, 2.75) is 19.3 Å². The molecule has 5 nitrogen and oxygen atoms in total. The van der Waals surface area contributed by atoms with Crippen molar-refractivity contribution in [1.82, 2.24) is 5.32 Å². The van der Waals surface area contributed by atoms with E-state index in [1.807, 2.05) is 12.1 Å². The number of carbonyl (C=O) groups excluding carboxylic acids is 2. The first-order valence-electron chi connectivity index (χ1n) is 6.22. The highest BCUT2D eigenvalue weighted by molar-refractivity contribution is 5.93. The topological polar surface area (TPSA) is 68.5 Å². The molecule has 1 aromatic heterocycles. The minimum absolute atomic E-state index is 0.136. The van der Waals surface area contributed by atoms with Gasteiger partial charge in [0.1, 0.15) is 18.1 Å². The van der Waals surface area contributed by atoms with E-state index >= 15 is 0 Å². The number of rotatable bonds is 5. The maximum atomic E-state index is 11.4. The average molecular weight is 263 g/mol. The van der Waals surface area contributed by atoms with E-state index in [2.05, 4.69) is 17.0 Å². The fraction of sp³-hybridized carbons (Fsp3) is 0.429. The van der Waals surface area contributed by atoms with Crippen molar-refractivity contribution in [2.75, 3.05) is 13.7 Å². The third-order valence-electron chi connectivity index (χ3n) is 3.16. The molecule has 1 amide bonds. The minimum Gasteiger partial charge on any atom is -0.468 e. The summed E-state index contributed by atoms with van der Waals surface area (Å²) in [5, 5.41) is 2.41. The number of hydrogen-bond acceptors (Lipinski definition) is 4. The van der Waals surface area contributed by atoms with Crippen LogP contribution in [0.5, 0.6) is 0 Å². The van der Waals surface area contributed by atoms with Crippen molar-refractivity contribution in [3.05, 3.63) is 29.7 Å². The van der Waals surface area contributed by atoms with Crippen molar-refractivity contribution < 1.29 is 18.7 Å². The highest BCUT2D eigenvalue weighted by Crippen LogP contribution is 2.47. The lowest BCUT2D eigenvalue weighted by Crippen LogP contribution is -2.28. The predicted octanol–water partition coefficient (Wildman–Crippen LogP) is 1.71. The average Bonchev–Trinajstić information content (AvgIpc) is 2.95. The quantitative estimate of drug-likeness (QED) is 0.648. The molecule has 5 heteroatoms. The van der Waals surface area contributed by atoms with E-state index in [1.54, 1.807) is 6.08 Å². The van der Waals surface area contributed by atoms with E-state index in [1.165, 1.54) is 13.2 Å². The zero-order valence-electron chi connectivity index (χ0n) is 11.0. The number of furan rings is 1. The summed E-state index contributed by atoms with van der Waals surface area (Å²) >= 11 is 0. The Morgan fingerprint density at radius 3 is 2.89 bits per heavy atom. The van der Waals surface area contributed by atoms with Crippen molar-refractivity contribution in [2.24, 2.45) is 5.92 Å². The predicted molar refractivity (Wildman–Crippen MR) is 69.3 cm³/mol. The summed E-state index contributed by atoms with van der Waals surface area (Å²) in [6.07, 6.45) is 4.08. The van der Waals surface area contributed by atoms with Gasteiger partial charge in [-0.25, -0.2) is 0 Å². The van der Waals surface area contributed by atoms with Gasteiger partial charge in [-0.15, -0.1) is 0 Å². The van der Waals surface area contributed by atoms with Crippen LogP contribution < -0.4 is 5.32 Å². The Labute approximate surface area is 111 Å². The molecule has 1 fully saturated rings. The van der Waals surface area contributed by atoms with Gasteiger partial charge in [-0.3, -0.25) is 9.59 Å². The molecule has 2 rings (SSSR count). The molecule has 0 spiro atoms. The fourth-order valence-electron chi connectivity index (χ4n) is 1.82. The molecule has 1 saturated carbocycles. The number of carbonyl (C=O) groups is 2. The molecule has 1 aromatic rings. The van der Waals surface area contributed by atoms with Gasteiger partial charge in [0.05, 0.1) is 7.11 Å². The van der Waals surface area contributed by atoms with Gasteiger partial charge in [0.25, 0.3) is 0 Å². The van der Waals surface area contributed by atoms with E-state index in [4.69, 9.17) is 4.42 Å². The second-order valence-corrected chi connectivity index (χ2v) is 4.69. The summed E-state index contributed by atoms with van der Waals surface area (Å²) in [7, 11) is 1.27. The van der Waals surface area contributed by atoms with Crippen molar-refractivity contribution in [3.8, 4) is 0 Å². The van der Waals surface area contributed by atoms with E-state index < -0.39 is 5.97 Å². The van der Waals surface area contributed by atoms with Gasteiger partial charge in [0.15, 0.2) is 0 Å². The van der Waals surface area contributed by atoms with E-state index in [0.29, 0.717) is 17.6 Å². The summed E-state index contributed by atoms with van der Waals surface area (Å²) in [5.74, 6) is 1.99. The molecule has 0 unspecified atom stereocenters. The van der Waals surface area contributed by atoms with Crippen molar-refractivity contribution in [3.63, 3.8) is 0 Å². The lowest BCUT2D eigenvalue weighted by atomic mass is 10.3. The maximum Gasteiger partial charge on any atom is 0.325 e. The molecule has 0 aliphatic heterocycles. The van der Waals surface area contributed by atoms with Gasteiger partial charge in [0, 0.05) is 12.0 Å². The number of methoxy groups -OCH3 is 1. The lowest BCUT2D eigenvalue weighted by molar-refractivity contribution is -0.140. The largest absolute Gasteiger partial charge is 0.468 e. The maximum absolute atomic E-state index is 11.4. The summed E-state index contributed by atoms with van der Waals surface area (Å²) in [5.41, 5.74) is 0. The number of esters is 1. The van der Waals surface area contributed by atoms with E-state index in [-0.39, 0.29) is 12.5 Å². The first-order valence-corrected chi connectivity index (χ1v) is 6.22. The third kappa shape index (κ3) is 3.71. The molecule has 1 aliphatic rings. The zero-order valence-corrected chi connectivity index (χ0v) is 11.0. The summed E-state index contributed by atoms with van der Waals surface area (Å²) in [4.78, 5) is 22.2. The molecular formula is C14H17NO4. The van der Waals surface area contributed by atoms with Gasteiger partial charge >= 0.3 is 5.97 Å². The lowest BCUT2D eigenvalue weighted by Gasteiger charge is -1.99. The molecule has 0 aromatic carbocycles. The highest BCUT2D eigenvalue weighted by Gasteiger charge is 2.36. The molecular weight excluding hydrogens is 246 g/mol. The Morgan fingerprint density at radius 1 is 1.53 bits per heavy atom. The standard InChI is InChI=1S/C14H17NO4/c1-9-7-11(9)12-5-3-10(19-12)4-6-13(16)15-8-14(17)18-2/h3-6,9,11H,7-8H2,1-2H3,(H,15,16)/b6-4-/t9-,11-/m1/s1. The van der Waals surface area contributed by atoms with Crippen LogP contribution in [0.15, 0.2) is 22.6 Å². The minimum atomic E-state index is -0.482. The van der Waals surface area contributed by atoms with E-state index in [9.17, 15) is 9.59 Å². The number of nitrogens with one attached hydrogen (secondary N) is 1. The first kappa shape index (κ1) is 13.4. The molecule has 102 valence electrons. The highest BCUT2D eigenvalue weighted by atomic mass is 16.5. The van der Waals surface area contributed by atoms with Crippen LogP contribution in [0, 0.1) is 5.92 Å². The summed E-state index contributed by atoms with van der Waals surface area (Å²) in [6, 6.07) is 3.78. The van der Waals surface area contributed by atoms with Crippen molar-refractivity contribution >= 4 is 18.0 Å². The van der Waals surface area contributed by atoms with Crippen LogP contribution in [-0.4, -0.2) is 25.5 Å². The van der Waals surface area contributed by atoms with Crippen LogP contribution >= 0.6 is 0 Å². The van der Waals surface area contributed by atoms with Crippen LogP contribution in [0.25, 0.3) is 6.08 Å². The van der Waals surface area contributed by atoms with Gasteiger partial charge in [-0.2, -0.15) is 0 Å². The Kier molecular flexibility index (Phi) is 4.04. The fourth-order valence-corrected chi connectivity index (χ4v) is 1.82. The SMILES string of the molecule is COC(=O)CNC(=O)/C=C\c1ccc([C@@H]2C[C@H]2C)o1. The van der Waals surface area contributed by atoms with Crippen molar-refractivity contribution in [1.29, 1.82) is 0 Å². The molecule has 0 bridgehead atoms. The van der Waals surface area contributed by atoms with Gasteiger partial charge in [-0.1, -0.05) is 6.92 Å². The zero-order chi connectivity index (χ0) is 13.8. The summed E-state index contributed by atoms with van der Waals surface area (Å²) < 4.78 is 10.0. The third-order valence-corrected chi connectivity index (χ3v) is 3.16. The normalized spacial score (nSPS) is 21.4. The molecule has 1 heterocycles. The Balaban J connectivity index is 1.82. The Morgan fingerprint density at radius 2 is 2.26 bits per heavy atom. The molecule has 19 heavy (non-hydrogen) atoms. The van der Waals surface area contributed by atoms with Gasteiger partial charge in [-0.05, 0) is 30.5 Å². The molecule has 2 atom stereocenters. The van der Waals surface area contributed by atoms with Crippen LogP contribution in [-0.2, 0) is 14.3 Å². The van der Waals surface area contributed by atoms with Gasteiger partial charge < -0.3 is 14.5 Å². The van der Waals surface area contributed by atoms with E-state index in [0.717, 1.165) is 12.2 Å². The van der Waals surface area contributed by atoms with Crippen LogP contribution in [0.4, 0.5) is 0 Å². The second kappa shape index (κ2) is 5.73. The molecule has 0 saturated heterocycles. The summed E-state index contributed by atoms with van der Waals surface area (Å²) in [6.45, 7) is 2.05. The number of hydrogen-bond donors (Lipinski definition) is 1. The van der Waals surface area contributed by atoms with Gasteiger partial charge in [0.2, 0.25) is 5.91 Å². The van der Waals surface area contributed by atoms with Crippen LogP contribution in [0.3, 0.4) is 0 Å².